The second-order valence-corrected chi connectivity index (χ2v) is 6.16. The van der Waals surface area contributed by atoms with Crippen LogP contribution in [0.15, 0.2) is 18.2 Å². The van der Waals surface area contributed by atoms with Gasteiger partial charge < -0.3 is 10.2 Å². The van der Waals surface area contributed by atoms with Crippen molar-refractivity contribution in [1.29, 1.82) is 0 Å². The van der Waals surface area contributed by atoms with Crippen molar-refractivity contribution < 1.29 is 4.79 Å². The first-order valence-electron chi connectivity index (χ1n) is 7.94. The van der Waals surface area contributed by atoms with E-state index in [1.165, 1.54) is 0 Å². The van der Waals surface area contributed by atoms with Gasteiger partial charge in [-0.05, 0) is 39.0 Å². The molecule has 1 aliphatic heterocycles. The first-order valence-corrected chi connectivity index (χ1v) is 7.94. The summed E-state index contributed by atoms with van der Waals surface area (Å²) in [5.41, 5.74) is 1.09. The lowest BCUT2D eigenvalue weighted by Crippen LogP contribution is -2.46. The minimum absolute atomic E-state index is 0.182. The molecule has 1 fully saturated rings. The predicted octanol–water partition coefficient (Wildman–Crippen LogP) is 2.16. The average molecular weight is 288 g/mol. The van der Waals surface area contributed by atoms with Gasteiger partial charge in [0.1, 0.15) is 0 Å². The molecule has 1 aromatic rings. The van der Waals surface area contributed by atoms with E-state index >= 15 is 0 Å². The molecule has 114 valence electrons. The Morgan fingerprint density at radius 3 is 2.76 bits per heavy atom. The van der Waals surface area contributed by atoms with Crippen molar-refractivity contribution >= 4 is 11.7 Å². The van der Waals surface area contributed by atoms with E-state index in [2.05, 4.69) is 38.6 Å². The molecule has 5 nitrogen and oxygen atoms in total. The van der Waals surface area contributed by atoms with Gasteiger partial charge in [0.15, 0.2) is 5.82 Å². The van der Waals surface area contributed by atoms with Gasteiger partial charge in [-0.15, -0.1) is 0 Å². The smallest absolute Gasteiger partial charge is 0.223 e. The van der Waals surface area contributed by atoms with Crippen LogP contribution in [-0.4, -0.2) is 35.2 Å². The molecule has 3 rings (SSSR count). The summed E-state index contributed by atoms with van der Waals surface area (Å²) in [6.45, 7) is 3.93. The maximum Gasteiger partial charge on any atom is 0.223 e. The standard InChI is InChI=1S/C16H24N4O/c1-12-11-15(19-18-12)20-9-7-14(8-10-20)17-16(21)13-5-3-2-4-6-13/h2-3,11,13-14H,4-10H2,1H3,(H,17,21)(H,18,19)/t13-/m1/s1. The van der Waals surface area contributed by atoms with Gasteiger partial charge in [-0.25, -0.2) is 0 Å². The maximum atomic E-state index is 12.2. The summed E-state index contributed by atoms with van der Waals surface area (Å²) < 4.78 is 0. The molecule has 21 heavy (non-hydrogen) atoms. The minimum atomic E-state index is 0.182. The second kappa shape index (κ2) is 6.33. The largest absolute Gasteiger partial charge is 0.355 e. The van der Waals surface area contributed by atoms with Gasteiger partial charge in [-0.1, -0.05) is 12.2 Å². The quantitative estimate of drug-likeness (QED) is 0.838. The van der Waals surface area contributed by atoms with Crippen LogP contribution in [0.5, 0.6) is 0 Å². The number of hydrogen-bond acceptors (Lipinski definition) is 3. The lowest BCUT2D eigenvalue weighted by atomic mass is 9.93. The molecule has 0 saturated carbocycles. The summed E-state index contributed by atoms with van der Waals surface area (Å²) in [6, 6.07) is 2.40. The number of anilines is 1. The number of allylic oxidation sites excluding steroid dienone is 2. The zero-order valence-electron chi connectivity index (χ0n) is 12.6. The Bertz CT molecular complexity index is 514. The van der Waals surface area contributed by atoms with Gasteiger partial charge in [0, 0.05) is 36.8 Å². The van der Waals surface area contributed by atoms with E-state index in [1.54, 1.807) is 0 Å². The Labute approximate surface area is 125 Å². The van der Waals surface area contributed by atoms with E-state index in [-0.39, 0.29) is 11.8 Å². The highest BCUT2D eigenvalue weighted by Crippen LogP contribution is 2.21. The lowest BCUT2D eigenvalue weighted by molar-refractivity contribution is -0.126. The minimum Gasteiger partial charge on any atom is -0.355 e. The topological polar surface area (TPSA) is 61.0 Å². The average Bonchev–Trinajstić information content (AvgIpc) is 2.95. The predicted molar refractivity (Wildman–Crippen MR) is 83.2 cm³/mol. The highest BCUT2D eigenvalue weighted by molar-refractivity contribution is 5.79. The van der Waals surface area contributed by atoms with E-state index in [1.807, 2.05) is 6.92 Å². The number of aromatic nitrogens is 2. The van der Waals surface area contributed by atoms with E-state index < -0.39 is 0 Å². The molecule has 2 N–H and O–H groups in total. The van der Waals surface area contributed by atoms with E-state index in [4.69, 9.17) is 0 Å². The van der Waals surface area contributed by atoms with Crippen LogP contribution in [0.2, 0.25) is 0 Å². The Hall–Kier alpha value is -1.78. The number of carbonyl (C=O) groups excluding carboxylic acids is 1. The van der Waals surface area contributed by atoms with E-state index in [9.17, 15) is 4.79 Å². The number of nitrogens with zero attached hydrogens (tertiary/aromatic N) is 2. The monoisotopic (exact) mass is 288 g/mol. The molecule has 1 saturated heterocycles. The summed E-state index contributed by atoms with van der Waals surface area (Å²) in [6.07, 6.45) is 9.24. The normalized spacial score (nSPS) is 23.3. The lowest BCUT2D eigenvalue weighted by Gasteiger charge is -2.33. The first kappa shape index (κ1) is 14.2. The van der Waals surface area contributed by atoms with Crippen LogP contribution in [0, 0.1) is 12.8 Å². The van der Waals surface area contributed by atoms with Gasteiger partial charge in [0.25, 0.3) is 0 Å². The number of aryl methyl sites for hydroxylation is 1. The van der Waals surface area contributed by atoms with Crippen molar-refractivity contribution in [2.45, 2.75) is 45.1 Å². The molecular weight excluding hydrogens is 264 g/mol. The second-order valence-electron chi connectivity index (χ2n) is 6.16. The van der Waals surface area contributed by atoms with Gasteiger partial charge in [0.2, 0.25) is 5.91 Å². The van der Waals surface area contributed by atoms with Crippen molar-refractivity contribution in [3.05, 3.63) is 23.9 Å². The molecule has 2 heterocycles. The molecule has 0 aromatic carbocycles. The van der Waals surface area contributed by atoms with Crippen LogP contribution in [0.25, 0.3) is 0 Å². The molecule has 1 aromatic heterocycles. The molecule has 0 bridgehead atoms. The molecule has 1 aliphatic carbocycles. The van der Waals surface area contributed by atoms with Crippen molar-refractivity contribution in [1.82, 2.24) is 15.5 Å². The van der Waals surface area contributed by atoms with Crippen molar-refractivity contribution in [3.63, 3.8) is 0 Å². The zero-order valence-corrected chi connectivity index (χ0v) is 12.6. The highest BCUT2D eigenvalue weighted by Gasteiger charge is 2.25. The fraction of sp³-hybridized carbons (Fsp3) is 0.625. The molecule has 5 heteroatoms. The number of aromatic amines is 1. The number of rotatable bonds is 3. The third-order valence-electron chi connectivity index (χ3n) is 4.50. The Kier molecular flexibility index (Phi) is 4.27. The molecule has 2 aliphatic rings. The van der Waals surface area contributed by atoms with E-state index in [0.29, 0.717) is 6.04 Å². The molecule has 1 atom stereocenters. The molecular formula is C16H24N4O. The fourth-order valence-corrected chi connectivity index (χ4v) is 3.17. The number of H-pyrrole nitrogens is 1. The van der Waals surface area contributed by atoms with Crippen molar-refractivity contribution in [2.24, 2.45) is 5.92 Å². The SMILES string of the molecule is Cc1cc(N2CCC(NC(=O)[C@@H]3CC=CCC3)CC2)n[nH]1. The van der Waals surface area contributed by atoms with Crippen LogP contribution in [-0.2, 0) is 4.79 Å². The van der Waals surface area contributed by atoms with Gasteiger partial charge in [-0.3, -0.25) is 9.89 Å². The van der Waals surface area contributed by atoms with Crippen LogP contribution < -0.4 is 10.2 Å². The summed E-state index contributed by atoms with van der Waals surface area (Å²) >= 11 is 0. The van der Waals surface area contributed by atoms with Gasteiger partial charge in [0.05, 0.1) is 0 Å². The van der Waals surface area contributed by atoms with Crippen LogP contribution in [0.4, 0.5) is 5.82 Å². The number of carbonyl (C=O) groups is 1. The summed E-state index contributed by atoms with van der Waals surface area (Å²) in [5.74, 6) is 1.45. The maximum absolute atomic E-state index is 12.2. The van der Waals surface area contributed by atoms with Crippen LogP contribution in [0.3, 0.4) is 0 Å². The Morgan fingerprint density at radius 1 is 1.33 bits per heavy atom. The number of hydrogen-bond donors (Lipinski definition) is 2. The van der Waals surface area contributed by atoms with Crippen molar-refractivity contribution in [2.75, 3.05) is 18.0 Å². The Balaban J connectivity index is 1.47. The zero-order chi connectivity index (χ0) is 14.7. The van der Waals surface area contributed by atoms with E-state index in [0.717, 1.165) is 56.7 Å². The molecule has 0 spiro atoms. The summed E-state index contributed by atoms with van der Waals surface area (Å²) in [5, 5.41) is 10.5. The number of amides is 1. The first-order chi connectivity index (χ1) is 10.2. The molecule has 1 amide bonds. The van der Waals surface area contributed by atoms with Gasteiger partial charge >= 0.3 is 0 Å². The Morgan fingerprint density at radius 2 is 2.14 bits per heavy atom. The van der Waals surface area contributed by atoms with Crippen LogP contribution in [0.1, 0.15) is 37.8 Å². The molecule has 0 unspecified atom stereocenters. The molecule has 0 radical (unpaired) electrons. The fourth-order valence-electron chi connectivity index (χ4n) is 3.17. The van der Waals surface area contributed by atoms with Crippen molar-refractivity contribution in [3.8, 4) is 0 Å². The van der Waals surface area contributed by atoms with Crippen LogP contribution >= 0.6 is 0 Å². The third kappa shape index (κ3) is 3.46. The summed E-state index contributed by atoms with van der Waals surface area (Å²) in [7, 11) is 0. The van der Waals surface area contributed by atoms with Gasteiger partial charge in [-0.2, -0.15) is 5.10 Å². The number of piperidine rings is 1. The highest BCUT2D eigenvalue weighted by atomic mass is 16.1. The third-order valence-corrected chi connectivity index (χ3v) is 4.50. The number of nitrogens with one attached hydrogen (secondary N) is 2. The summed E-state index contributed by atoms with van der Waals surface area (Å²) in [4.78, 5) is 14.5.